The quantitative estimate of drug-likeness (QED) is 0.668. The Balaban J connectivity index is 1.81. The van der Waals surface area contributed by atoms with Crippen molar-refractivity contribution in [1.82, 2.24) is 4.90 Å². The van der Waals surface area contributed by atoms with Crippen LogP contribution in [0.1, 0.15) is 84.0 Å². The molecular formula is C24H41NO4. The van der Waals surface area contributed by atoms with E-state index in [4.69, 9.17) is 9.47 Å². The fraction of sp³-hybridized carbons (Fsp3) is 0.875. The minimum absolute atomic E-state index is 0.0537. The first-order chi connectivity index (χ1) is 14.2. The molecule has 0 aromatic heterocycles. The van der Waals surface area contributed by atoms with Crippen molar-refractivity contribution in [3.05, 3.63) is 11.8 Å². The first-order valence-corrected chi connectivity index (χ1v) is 12.1. The highest BCUT2D eigenvalue weighted by molar-refractivity contribution is 5.91. The summed E-state index contributed by atoms with van der Waals surface area (Å²) < 4.78 is 12.2. The average molecular weight is 408 g/mol. The molecule has 1 N–H and O–H groups in total. The summed E-state index contributed by atoms with van der Waals surface area (Å²) in [4.78, 5) is 15.4. The summed E-state index contributed by atoms with van der Waals surface area (Å²) in [5.41, 5.74) is 0. The fourth-order valence-electron chi connectivity index (χ4n) is 5.44. The van der Waals surface area contributed by atoms with Gasteiger partial charge in [-0.05, 0) is 63.4 Å². The van der Waals surface area contributed by atoms with Crippen LogP contribution in [0, 0.1) is 17.8 Å². The Bertz CT molecular complexity index is 521. The summed E-state index contributed by atoms with van der Waals surface area (Å²) in [6.07, 6.45) is 15.6. The number of rotatable bonds is 7. The van der Waals surface area contributed by atoms with Gasteiger partial charge in [0.25, 0.3) is 5.91 Å². The largest absolute Gasteiger partial charge is 0.459 e. The summed E-state index contributed by atoms with van der Waals surface area (Å²) in [6, 6.07) is 0. The molecule has 0 radical (unpaired) electrons. The lowest BCUT2D eigenvalue weighted by molar-refractivity contribution is -0.180. The van der Waals surface area contributed by atoms with Crippen molar-refractivity contribution in [2.75, 3.05) is 26.3 Å². The minimum Gasteiger partial charge on any atom is -0.459 e. The van der Waals surface area contributed by atoms with Crippen LogP contribution < -0.4 is 0 Å². The van der Waals surface area contributed by atoms with Crippen LogP contribution in [0.2, 0.25) is 0 Å². The van der Waals surface area contributed by atoms with E-state index in [-0.39, 0.29) is 24.7 Å². The van der Waals surface area contributed by atoms with Gasteiger partial charge in [-0.2, -0.15) is 0 Å². The standard InChI is InChI=1S/C24H41NO4/c1-2-28-24-20(14-11-17-26)21(19-12-7-6-8-13-19)18-22(29-24)23(27)25-15-9-4-3-5-10-16-25/h18-21,24,26H,2-17H2,1H3/t20-,21-,24-/m1/s1. The molecule has 0 aromatic rings. The first kappa shape index (κ1) is 22.6. The molecule has 1 amide bonds. The Morgan fingerprint density at radius 1 is 1.10 bits per heavy atom. The summed E-state index contributed by atoms with van der Waals surface area (Å²) >= 11 is 0. The molecule has 1 saturated heterocycles. The summed E-state index contributed by atoms with van der Waals surface area (Å²) in [6.45, 7) is 4.42. The molecule has 0 spiro atoms. The summed E-state index contributed by atoms with van der Waals surface area (Å²) in [5, 5.41) is 9.41. The van der Waals surface area contributed by atoms with Crippen LogP contribution >= 0.6 is 0 Å². The highest BCUT2D eigenvalue weighted by atomic mass is 16.7. The number of carbonyl (C=O) groups excluding carboxylic acids is 1. The lowest BCUT2D eigenvalue weighted by Gasteiger charge is -2.42. The van der Waals surface area contributed by atoms with Crippen LogP contribution in [-0.4, -0.2) is 48.5 Å². The number of aliphatic hydroxyl groups excluding tert-OH is 1. The van der Waals surface area contributed by atoms with Crippen molar-refractivity contribution in [2.45, 2.75) is 90.3 Å². The molecule has 0 bridgehead atoms. The molecule has 3 aliphatic rings. The molecule has 2 aliphatic heterocycles. The molecule has 0 unspecified atom stereocenters. The molecule has 1 saturated carbocycles. The lowest BCUT2D eigenvalue weighted by Crippen LogP contribution is -2.43. The molecule has 3 rings (SSSR count). The van der Waals surface area contributed by atoms with Gasteiger partial charge in [0.1, 0.15) is 0 Å². The average Bonchev–Trinajstić information content (AvgIpc) is 2.72. The third-order valence-corrected chi connectivity index (χ3v) is 7.01. The Morgan fingerprint density at radius 2 is 1.76 bits per heavy atom. The molecule has 29 heavy (non-hydrogen) atoms. The Kier molecular flexibility index (Phi) is 9.32. The maximum atomic E-state index is 13.4. The van der Waals surface area contributed by atoms with Gasteiger partial charge in [-0.15, -0.1) is 0 Å². The molecule has 2 heterocycles. The number of carbonyl (C=O) groups is 1. The van der Waals surface area contributed by atoms with Crippen molar-refractivity contribution < 1.29 is 19.4 Å². The van der Waals surface area contributed by atoms with Crippen molar-refractivity contribution in [3.8, 4) is 0 Å². The smallest absolute Gasteiger partial charge is 0.288 e. The second-order valence-corrected chi connectivity index (χ2v) is 9.04. The van der Waals surface area contributed by atoms with E-state index in [2.05, 4.69) is 6.08 Å². The van der Waals surface area contributed by atoms with Crippen LogP contribution in [0.15, 0.2) is 11.8 Å². The van der Waals surface area contributed by atoms with E-state index >= 15 is 0 Å². The van der Waals surface area contributed by atoms with E-state index in [9.17, 15) is 9.90 Å². The highest BCUT2D eigenvalue weighted by Gasteiger charge is 2.41. The Morgan fingerprint density at radius 3 is 2.41 bits per heavy atom. The van der Waals surface area contributed by atoms with Crippen LogP contribution in [-0.2, 0) is 14.3 Å². The van der Waals surface area contributed by atoms with E-state index in [0.29, 0.717) is 24.2 Å². The van der Waals surface area contributed by atoms with Gasteiger partial charge in [0.15, 0.2) is 5.76 Å². The number of allylic oxidation sites excluding steroid dienone is 1. The highest BCUT2D eigenvalue weighted by Crippen LogP contribution is 2.42. The van der Waals surface area contributed by atoms with E-state index in [1.54, 1.807) is 0 Å². The molecule has 0 aromatic carbocycles. The van der Waals surface area contributed by atoms with Gasteiger partial charge >= 0.3 is 0 Å². The molecule has 5 nitrogen and oxygen atoms in total. The van der Waals surface area contributed by atoms with E-state index < -0.39 is 0 Å². The molecule has 3 atom stereocenters. The summed E-state index contributed by atoms with van der Waals surface area (Å²) in [5.74, 6) is 1.68. The van der Waals surface area contributed by atoms with E-state index in [1.165, 1.54) is 51.4 Å². The monoisotopic (exact) mass is 407 g/mol. The fourth-order valence-corrected chi connectivity index (χ4v) is 5.44. The van der Waals surface area contributed by atoms with Crippen LogP contribution in [0.4, 0.5) is 0 Å². The van der Waals surface area contributed by atoms with Gasteiger partial charge in [0.05, 0.1) is 0 Å². The third-order valence-electron chi connectivity index (χ3n) is 7.01. The van der Waals surface area contributed by atoms with Gasteiger partial charge in [-0.1, -0.05) is 38.5 Å². The first-order valence-electron chi connectivity index (χ1n) is 12.1. The van der Waals surface area contributed by atoms with Gasteiger partial charge in [0, 0.05) is 32.2 Å². The third kappa shape index (κ3) is 6.21. The Hall–Kier alpha value is -1.07. The molecule has 1 aliphatic carbocycles. The zero-order chi connectivity index (χ0) is 20.5. The van der Waals surface area contributed by atoms with Crippen LogP contribution in [0.5, 0.6) is 0 Å². The van der Waals surface area contributed by atoms with Crippen molar-refractivity contribution >= 4 is 5.91 Å². The van der Waals surface area contributed by atoms with Crippen molar-refractivity contribution in [3.63, 3.8) is 0 Å². The van der Waals surface area contributed by atoms with Gasteiger partial charge in [-0.3, -0.25) is 4.79 Å². The lowest BCUT2D eigenvalue weighted by atomic mass is 9.71. The number of aliphatic hydroxyl groups is 1. The minimum atomic E-state index is -0.378. The predicted octanol–water partition coefficient (Wildman–Crippen LogP) is 4.64. The van der Waals surface area contributed by atoms with Crippen LogP contribution in [0.3, 0.4) is 0 Å². The molecule has 2 fully saturated rings. The second-order valence-electron chi connectivity index (χ2n) is 9.04. The topological polar surface area (TPSA) is 59.0 Å². The van der Waals surface area contributed by atoms with Gasteiger partial charge in [0.2, 0.25) is 6.29 Å². The number of ether oxygens (including phenoxy) is 2. The van der Waals surface area contributed by atoms with E-state index in [1.807, 2.05) is 11.8 Å². The zero-order valence-electron chi connectivity index (χ0n) is 18.3. The van der Waals surface area contributed by atoms with E-state index in [0.717, 1.165) is 38.8 Å². The van der Waals surface area contributed by atoms with Gasteiger partial charge in [-0.25, -0.2) is 0 Å². The normalized spacial score (nSPS) is 29.5. The summed E-state index contributed by atoms with van der Waals surface area (Å²) in [7, 11) is 0. The molecule has 5 heteroatoms. The molecule has 166 valence electrons. The predicted molar refractivity (Wildman–Crippen MR) is 114 cm³/mol. The number of hydrogen-bond donors (Lipinski definition) is 1. The molecular weight excluding hydrogens is 366 g/mol. The van der Waals surface area contributed by atoms with Crippen molar-refractivity contribution in [2.24, 2.45) is 17.8 Å². The Labute approximate surface area is 176 Å². The maximum absolute atomic E-state index is 13.4. The second kappa shape index (κ2) is 11.9. The maximum Gasteiger partial charge on any atom is 0.288 e. The SMILES string of the molecule is CCO[C@@H]1OC(C(=O)N2CCCCCCC2)=C[C@H](C2CCCCC2)[C@H]1CCCO. The van der Waals surface area contributed by atoms with Gasteiger partial charge < -0.3 is 19.5 Å². The number of nitrogens with zero attached hydrogens (tertiary/aromatic N) is 1. The number of amides is 1. The zero-order valence-corrected chi connectivity index (χ0v) is 18.3. The van der Waals surface area contributed by atoms with Crippen molar-refractivity contribution in [1.29, 1.82) is 0 Å². The number of hydrogen-bond acceptors (Lipinski definition) is 4. The van der Waals surface area contributed by atoms with Crippen LogP contribution in [0.25, 0.3) is 0 Å². The number of likely N-dealkylation sites (tertiary alicyclic amines) is 1.